The Hall–Kier alpha value is -0.890. The zero-order valence-corrected chi connectivity index (χ0v) is 9.59. The van der Waals surface area contributed by atoms with E-state index in [9.17, 15) is 4.39 Å². The summed E-state index contributed by atoms with van der Waals surface area (Å²) in [6.45, 7) is 4.14. The molecule has 15 heavy (non-hydrogen) atoms. The fourth-order valence-corrected chi connectivity index (χ4v) is 1.86. The van der Waals surface area contributed by atoms with E-state index in [1.165, 1.54) is 6.07 Å². The first-order valence-corrected chi connectivity index (χ1v) is 5.68. The Bertz CT molecular complexity index is 311. The Labute approximate surface area is 91.5 Å². The number of rotatable bonds is 5. The van der Waals surface area contributed by atoms with Crippen molar-refractivity contribution in [2.24, 2.45) is 5.73 Å². The van der Waals surface area contributed by atoms with Gasteiger partial charge in [0.15, 0.2) is 0 Å². The molecule has 84 valence electrons. The summed E-state index contributed by atoms with van der Waals surface area (Å²) in [7, 11) is 0. The molecule has 0 amide bonds. The Morgan fingerprint density at radius 2 is 1.93 bits per heavy atom. The van der Waals surface area contributed by atoms with E-state index in [2.05, 4.69) is 6.92 Å². The van der Waals surface area contributed by atoms with E-state index < -0.39 is 5.54 Å². The number of halogens is 1. The van der Waals surface area contributed by atoms with Crippen molar-refractivity contribution in [3.8, 4) is 0 Å². The number of unbranched alkanes of at least 4 members (excludes halogenated alkanes) is 1. The summed E-state index contributed by atoms with van der Waals surface area (Å²) in [5.41, 5.74) is 6.42. The van der Waals surface area contributed by atoms with Gasteiger partial charge in [-0.2, -0.15) is 0 Å². The second-order valence-electron chi connectivity index (χ2n) is 4.09. The lowest BCUT2D eigenvalue weighted by Gasteiger charge is -2.29. The normalized spacial score (nSPS) is 14.9. The third-order valence-corrected chi connectivity index (χ3v) is 3.02. The van der Waals surface area contributed by atoms with Crippen LogP contribution in [0.25, 0.3) is 0 Å². The molecule has 0 radical (unpaired) electrons. The zero-order chi connectivity index (χ0) is 11.3. The van der Waals surface area contributed by atoms with Gasteiger partial charge >= 0.3 is 0 Å². The summed E-state index contributed by atoms with van der Waals surface area (Å²) in [4.78, 5) is 0. The van der Waals surface area contributed by atoms with Crippen LogP contribution in [-0.4, -0.2) is 0 Å². The summed E-state index contributed by atoms with van der Waals surface area (Å²) < 4.78 is 13.6. The van der Waals surface area contributed by atoms with E-state index in [-0.39, 0.29) is 5.82 Å². The van der Waals surface area contributed by atoms with Crippen LogP contribution in [0.3, 0.4) is 0 Å². The largest absolute Gasteiger partial charge is 0.321 e. The van der Waals surface area contributed by atoms with E-state index in [0.29, 0.717) is 5.56 Å². The molecule has 1 atom stereocenters. The highest BCUT2D eigenvalue weighted by Crippen LogP contribution is 2.29. The number of hydrogen-bond donors (Lipinski definition) is 1. The molecular weight excluding hydrogens is 189 g/mol. The molecule has 0 aliphatic heterocycles. The second kappa shape index (κ2) is 5.26. The van der Waals surface area contributed by atoms with Crippen LogP contribution in [0, 0.1) is 5.82 Å². The highest BCUT2D eigenvalue weighted by Gasteiger charge is 2.27. The van der Waals surface area contributed by atoms with Gasteiger partial charge in [0.05, 0.1) is 0 Å². The van der Waals surface area contributed by atoms with Gasteiger partial charge < -0.3 is 5.73 Å². The molecular formula is C13H20FN. The summed E-state index contributed by atoms with van der Waals surface area (Å²) in [5.74, 6) is -0.182. The zero-order valence-electron chi connectivity index (χ0n) is 9.59. The maximum atomic E-state index is 13.6. The van der Waals surface area contributed by atoms with Gasteiger partial charge in [0, 0.05) is 11.1 Å². The van der Waals surface area contributed by atoms with Crippen molar-refractivity contribution in [1.82, 2.24) is 0 Å². The molecule has 1 aromatic carbocycles. The van der Waals surface area contributed by atoms with Crippen LogP contribution >= 0.6 is 0 Å². The lowest BCUT2D eigenvalue weighted by Crippen LogP contribution is -2.36. The van der Waals surface area contributed by atoms with Gasteiger partial charge in [-0.15, -0.1) is 0 Å². The highest BCUT2D eigenvalue weighted by molar-refractivity contribution is 5.25. The second-order valence-corrected chi connectivity index (χ2v) is 4.09. The van der Waals surface area contributed by atoms with Crippen molar-refractivity contribution in [1.29, 1.82) is 0 Å². The van der Waals surface area contributed by atoms with Crippen molar-refractivity contribution in [3.05, 3.63) is 35.6 Å². The van der Waals surface area contributed by atoms with Crippen molar-refractivity contribution < 1.29 is 4.39 Å². The molecule has 0 aliphatic rings. The molecule has 2 heteroatoms. The smallest absolute Gasteiger partial charge is 0.128 e. The van der Waals surface area contributed by atoms with Gasteiger partial charge in [-0.3, -0.25) is 0 Å². The maximum absolute atomic E-state index is 13.6. The topological polar surface area (TPSA) is 26.0 Å². The third kappa shape index (κ3) is 2.78. The molecule has 0 aliphatic carbocycles. The van der Waals surface area contributed by atoms with Crippen molar-refractivity contribution >= 4 is 0 Å². The van der Waals surface area contributed by atoms with Gasteiger partial charge in [0.2, 0.25) is 0 Å². The minimum absolute atomic E-state index is 0.182. The minimum atomic E-state index is -0.499. The molecule has 0 heterocycles. The van der Waals surface area contributed by atoms with Crippen molar-refractivity contribution in [3.63, 3.8) is 0 Å². The summed E-state index contributed by atoms with van der Waals surface area (Å²) in [6.07, 6.45) is 3.75. The van der Waals surface area contributed by atoms with Gasteiger partial charge in [-0.25, -0.2) is 4.39 Å². The number of benzene rings is 1. The fourth-order valence-electron chi connectivity index (χ4n) is 1.86. The molecule has 0 saturated carbocycles. The van der Waals surface area contributed by atoms with Crippen LogP contribution in [0.15, 0.2) is 24.3 Å². The van der Waals surface area contributed by atoms with E-state index in [1.54, 1.807) is 12.1 Å². The van der Waals surface area contributed by atoms with E-state index in [0.717, 1.165) is 25.7 Å². The minimum Gasteiger partial charge on any atom is -0.321 e. The average molecular weight is 209 g/mol. The quantitative estimate of drug-likeness (QED) is 0.788. The molecule has 1 nitrogen and oxygen atoms in total. The fraction of sp³-hybridized carbons (Fsp3) is 0.538. The predicted molar refractivity (Wildman–Crippen MR) is 62.1 cm³/mol. The molecule has 2 N–H and O–H groups in total. The first-order valence-electron chi connectivity index (χ1n) is 5.68. The van der Waals surface area contributed by atoms with Gasteiger partial charge in [-0.1, -0.05) is 44.9 Å². The standard InChI is InChI=1S/C13H20FN/c1-3-5-10-13(15,4-2)11-8-6-7-9-12(11)14/h6-9H,3-5,10,15H2,1-2H3. The molecule has 1 unspecified atom stereocenters. The number of hydrogen-bond acceptors (Lipinski definition) is 1. The average Bonchev–Trinajstić information content (AvgIpc) is 2.26. The summed E-state index contributed by atoms with van der Waals surface area (Å²) in [5, 5.41) is 0. The van der Waals surface area contributed by atoms with Crippen LogP contribution in [0.4, 0.5) is 4.39 Å². The Kier molecular flexibility index (Phi) is 4.28. The highest BCUT2D eigenvalue weighted by atomic mass is 19.1. The van der Waals surface area contributed by atoms with Gasteiger partial charge in [0.25, 0.3) is 0 Å². The first-order chi connectivity index (χ1) is 7.14. The maximum Gasteiger partial charge on any atom is 0.128 e. The lowest BCUT2D eigenvalue weighted by atomic mass is 9.83. The molecule has 1 rings (SSSR count). The van der Waals surface area contributed by atoms with Gasteiger partial charge in [-0.05, 0) is 18.9 Å². The summed E-state index contributed by atoms with van der Waals surface area (Å²) >= 11 is 0. The number of nitrogens with two attached hydrogens (primary N) is 1. The lowest BCUT2D eigenvalue weighted by molar-refractivity contribution is 0.364. The van der Waals surface area contributed by atoms with E-state index in [4.69, 9.17) is 5.73 Å². The Morgan fingerprint density at radius 1 is 1.27 bits per heavy atom. The molecule has 1 aromatic rings. The predicted octanol–water partition coefficient (Wildman–Crippen LogP) is 3.58. The molecule has 0 fully saturated rings. The molecule has 0 bridgehead atoms. The van der Waals surface area contributed by atoms with E-state index >= 15 is 0 Å². The van der Waals surface area contributed by atoms with Crippen molar-refractivity contribution in [2.45, 2.75) is 45.1 Å². The first kappa shape index (κ1) is 12.2. The SMILES string of the molecule is CCCCC(N)(CC)c1ccccc1F. The monoisotopic (exact) mass is 209 g/mol. The van der Waals surface area contributed by atoms with Crippen LogP contribution in [0.1, 0.15) is 45.1 Å². The van der Waals surface area contributed by atoms with Crippen LogP contribution in [-0.2, 0) is 5.54 Å². The molecule has 0 spiro atoms. The molecule has 0 saturated heterocycles. The third-order valence-electron chi connectivity index (χ3n) is 3.02. The summed E-state index contributed by atoms with van der Waals surface area (Å²) in [6, 6.07) is 6.84. The Morgan fingerprint density at radius 3 is 2.47 bits per heavy atom. The van der Waals surface area contributed by atoms with Crippen LogP contribution in [0.5, 0.6) is 0 Å². The van der Waals surface area contributed by atoms with Crippen LogP contribution in [0.2, 0.25) is 0 Å². The van der Waals surface area contributed by atoms with Crippen molar-refractivity contribution in [2.75, 3.05) is 0 Å². The van der Waals surface area contributed by atoms with Gasteiger partial charge in [0.1, 0.15) is 5.82 Å². The van der Waals surface area contributed by atoms with E-state index in [1.807, 2.05) is 13.0 Å². The Balaban J connectivity index is 2.95. The molecule has 0 aromatic heterocycles. The van der Waals surface area contributed by atoms with Crippen LogP contribution < -0.4 is 5.73 Å².